The maximum absolute atomic E-state index is 12.8. The average Bonchev–Trinajstić information content (AvgIpc) is 2.37. The molecule has 0 fully saturated rings. The Hall–Kier alpha value is -1.43. The van der Waals surface area contributed by atoms with E-state index in [2.05, 4.69) is 15.9 Å². The molecule has 0 radical (unpaired) electrons. The fraction of sp³-hybridized carbons (Fsp3) is 0.385. The monoisotopic (exact) mass is 332 g/mol. The number of halogens is 2. The highest BCUT2D eigenvalue weighted by atomic mass is 79.9. The van der Waals surface area contributed by atoms with E-state index in [0.29, 0.717) is 11.1 Å². The van der Waals surface area contributed by atoms with Crippen molar-refractivity contribution in [3.63, 3.8) is 0 Å². The molecule has 0 aliphatic carbocycles. The van der Waals surface area contributed by atoms with E-state index in [1.165, 1.54) is 18.2 Å². The Morgan fingerprint density at radius 2 is 1.95 bits per heavy atom. The molecule has 0 heterocycles. The third-order valence-electron chi connectivity index (χ3n) is 2.12. The number of esters is 2. The minimum absolute atomic E-state index is 0.0301. The molecule has 0 amide bonds. The van der Waals surface area contributed by atoms with Gasteiger partial charge in [-0.2, -0.15) is 0 Å². The van der Waals surface area contributed by atoms with Crippen LogP contribution in [0.3, 0.4) is 0 Å². The van der Waals surface area contributed by atoms with Gasteiger partial charge in [-0.3, -0.25) is 9.59 Å². The van der Waals surface area contributed by atoms with Crippen LogP contribution in [0.25, 0.3) is 0 Å². The van der Waals surface area contributed by atoms with Gasteiger partial charge in [-0.15, -0.1) is 0 Å². The number of hydrogen-bond acceptors (Lipinski definition) is 4. The van der Waals surface area contributed by atoms with Gasteiger partial charge in [0.2, 0.25) is 0 Å². The van der Waals surface area contributed by atoms with Gasteiger partial charge in [0.25, 0.3) is 0 Å². The van der Waals surface area contributed by atoms with Crippen molar-refractivity contribution in [3.8, 4) is 5.75 Å². The highest BCUT2D eigenvalue weighted by Crippen LogP contribution is 2.25. The van der Waals surface area contributed by atoms with Crippen LogP contribution in [0, 0.1) is 5.82 Å². The fourth-order valence-electron chi connectivity index (χ4n) is 1.22. The van der Waals surface area contributed by atoms with Gasteiger partial charge in [-0.25, -0.2) is 4.39 Å². The van der Waals surface area contributed by atoms with Gasteiger partial charge >= 0.3 is 11.9 Å². The van der Waals surface area contributed by atoms with Crippen LogP contribution >= 0.6 is 15.9 Å². The van der Waals surface area contributed by atoms with Gasteiger partial charge in [0, 0.05) is 0 Å². The van der Waals surface area contributed by atoms with Crippen molar-refractivity contribution >= 4 is 27.9 Å². The quantitative estimate of drug-likeness (QED) is 0.592. The standard InChI is InChI=1S/C13H14BrFO4/c1-2-7-18-12(16)5-6-13(17)19-11-4-3-9(15)8-10(11)14/h3-4,8H,2,5-7H2,1H3. The third kappa shape index (κ3) is 5.83. The number of carbonyl (C=O) groups excluding carboxylic acids is 2. The van der Waals surface area contributed by atoms with Crippen LogP contribution in [0.15, 0.2) is 22.7 Å². The Kier molecular flexibility index (Phi) is 6.49. The number of ether oxygens (including phenoxy) is 2. The summed E-state index contributed by atoms with van der Waals surface area (Å²) in [4.78, 5) is 22.7. The lowest BCUT2D eigenvalue weighted by atomic mass is 10.3. The van der Waals surface area contributed by atoms with E-state index in [1.54, 1.807) is 0 Å². The minimum atomic E-state index is -0.569. The lowest BCUT2D eigenvalue weighted by molar-refractivity contribution is -0.146. The fourth-order valence-corrected chi connectivity index (χ4v) is 1.66. The van der Waals surface area contributed by atoms with Crippen molar-refractivity contribution in [1.82, 2.24) is 0 Å². The van der Waals surface area contributed by atoms with Crippen LogP contribution in [0.1, 0.15) is 26.2 Å². The molecule has 0 N–H and O–H groups in total. The van der Waals surface area contributed by atoms with E-state index < -0.39 is 17.8 Å². The largest absolute Gasteiger partial charge is 0.466 e. The molecule has 0 unspecified atom stereocenters. The van der Waals surface area contributed by atoms with Crippen LogP contribution in [0.4, 0.5) is 4.39 Å². The first-order chi connectivity index (χ1) is 9.02. The van der Waals surface area contributed by atoms with Crippen molar-refractivity contribution < 1.29 is 23.5 Å². The lowest BCUT2D eigenvalue weighted by Crippen LogP contribution is -2.12. The zero-order valence-corrected chi connectivity index (χ0v) is 12.0. The molecular formula is C13H14BrFO4. The highest BCUT2D eigenvalue weighted by molar-refractivity contribution is 9.10. The second kappa shape index (κ2) is 7.89. The maximum Gasteiger partial charge on any atom is 0.311 e. The molecule has 0 spiro atoms. The van der Waals surface area contributed by atoms with E-state index in [9.17, 15) is 14.0 Å². The second-order valence-corrected chi connectivity index (χ2v) is 4.62. The summed E-state index contributed by atoms with van der Waals surface area (Å²) < 4.78 is 23.0. The first kappa shape index (κ1) is 15.6. The van der Waals surface area contributed by atoms with E-state index in [-0.39, 0.29) is 18.6 Å². The summed E-state index contributed by atoms with van der Waals surface area (Å²) >= 11 is 3.08. The van der Waals surface area contributed by atoms with E-state index in [1.807, 2.05) is 6.92 Å². The number of benzene rings is 1. The SMILES string of the molecule is CCCOC(=O)CCC(=O)Oc1ccc(F)cc1Br. The normalized spacial score (nSPS) is 10.1. The molecule has 0 aromatic heterocycles. The molecule has 0 saturated carbocycles. The molecular weight excluding hydrogens is 319 g/mol. The van der Waals surface area contributed by atoms with Crippen molar-refractivity contribution in [2.24, 2.45) is 0 Å². The molecule has 0 bridgehead atoms. The zero-order chi connectivity index (χ0) is 14.3. The van der Waals surface area contributed by atoms with Crippen molar-refractivity contribution in [2.45, 2.75) is 26.2 Å². The highest BCUT2D eigenvalue weighted by Gasteiger charge is 2.12. The Balaban J connectivity index is 2.41. The molecule has 4 nitrogen and oxygen atoms in total. The first-order valence-corrected chi connectivity index (χ1v) is 6.63. The minimum Gasteiger partial charge on any atom is -0.466 e. The number of rotatable bonds is 6. The molecule has 1 aromatic rings. The van der Waals surface area contributed by atoms with Crippen LogP contribution in [-0.4, -0.2) is 18.5 Å². The predicted molar refractivity (Wildman–Crippen MR) is 70.2 cm³/mol. The number of carbonyl (C=O) groups is 2. The summed E-state index contributed by atoms with van der Waals surface area (Å²) in [5, 5.41) is 0. The molecule has 6 heteroatoms. The van der Waals surface area contributed by atoms with Gasteiger partial charge in [0.15, 0.2) is 0 Å². The summed E-state index contributed by atoms with van der Waals surface area (Å²) in [6, 6.07) is 3.72. The van der Waals surface area contributed by atoms with Crippen LogP contribution < -0.4 is 4.74 Å². The molecule has 1 rings (SSSR count). The van der Waals surface area contributed by atoms with Crippen LogP contribution in [-0.2, 0) is 14.3 Å². The van der Waals surface area contributed by atoms with Gasteiger partial charge in [-0.1, -0.05) is 6.92 Å². The molecule has 0 saturated heterocycles. The Bertz CT molecular complexity index is 462. The Labute approximate surface area is 119 Å². The molecule has 19 heavy (non-hydrogen) atoms. The van der Waals surface area contributed by atoms with Gasteiger partial charge in [0.05, 0.1) is 23.9 Å². The summed E-state index contributed by atoms with van der Waals surface area (Å²) in [6.07, 6.45) is 0.628. The summed E-state index contributed by atoms with van der Waals surface area (Å²) in [5.74, 6) is -1.22. The summed E-state index contributed by atoms with van der Waals surface area (Å²) in [6.45, 7) is 2.23. The Morgan fingerprint density at radius 3 is 2.58 bits per heavy atom. The van der Waals surface area contributed by atoms with Gasteiger partial charge < -0.3 is 9.47 Å². The predicted octanol–water partition coefficient (Wildman–Crippen LogP) is 3.23. The average molecular weight is 333 g/mol. The maximum atomic E-state index is 12.8. The van der Waals surface area contributed by atoms with E-state index in [4.69, 9.17) is 9.47 Å². The molecule has 104 valence electrons. The lowest BCUT2D eigenvalue weighted by Gasteiger charge is -2.06. The second-order valence-electron chi connectivity index (χ2n) is 3.77. The van der Waals surface area contributed by atoms with E-state index in [0.717, 1.165) is 6.42 Å². The number of hydrogen-bond donors (Lipinski definition) is 0. The summed E-state index contributed by atoms with van der Waals surface area (Å²) in [7, 11) is 0. The van der Waals surface area contributed by atoms with Gasteiger partial charge in [-0.05, 0) is 40.5 Å². The van der Waals surface area contributed by atoms with Crippen LogP contribution in [0.5, 0.6) is 5.75 Å². The molecule has 0 aliphatic rings. The molecule has 1 aromatic carbocycles. The third-order valence-corrected chi connectivity index (χ3v) is 2.74. The van der Waals surface area contributed by atoms with Crippen molar-refractivity contribution in [2.75, 3.05) is 6.61 Å². The van der Waals surface area contributed by atoms with E-state index >= 15 is 0 Å². The smallest absolute Gasteiger partial charge is 0.311 e. The molecule has 0 aliphatic heterocycles. The van der Waals surface area contributed by atoms with Crippen molar-refractivity contribution in [3.05, 3.63) is 28.5 Å². The van der Waals surface area contributed by atoms with Crippen LogP contribution in [0.2, 0.25) is 0 Å². The summed E-state index contributed by atoms with van der Waals surface area (Å²) in [5.41, 5.74) is 0. The topological polar surface area (TPSA) is 52.6 Å². The van der Waals surface area contributed by atoms with Crippen molar-refractivity contribution in [1.29, 1.82) is 0 Å². The first-order valence-electron chi connectivity index (χ1n) is 5.84. The Morgan fingerprint density at radius 1 is 1.26 bits per heavy atom. The molecule has 0 atom stereocenters. The van der Waals surface area contributed by atoms with Gasteiger partial charge in [0.1, 0.15) is 11.6 Å². The zero-order valence-electron chi connectivity index (χ0n) is 10.4.